The molecule has 0 unspecified atom stereocenters. The molecule has 0 saturated carbocycles. The third kappa shape index (κ3) is 4.70. The molecule has 1 fully saturated rings. The zero-order valence-electron chi connectivity index (χ0n) is 16.7. The second-order valence-electron chi connectivity index (χ2n) is 7.74. The van der Waals surface area contributed by atoms with Crippen molar-refractivity contribution in [2.75, 3.05) is 26.7 Å². The summed E-state index contributed by atoms with van der Waals surface area (Å²) >= 11 is 3.49. The molecular weight excluding hydrogens is 430 g/mol. The van der Waals surface area contributed by atoms with Crippen LogP contribution in [0.1, 0.15) is 42.9 Å². The third-order valence-corrected chi connectivity index (χ3v) is 6.38. The summed E-state index contributed by atoms with van der Waals surface area (Å²) in [5.41, 5.74) is 3.11. The molecule has 2 heterocycles. The van der Waals surface area contributed by atoms with Gasteiger partial charge >= 0.3 is 0 Å². The quantitative estimate of drug-likeness (QED) is 0.725. The molecule has 0 radical (unpaired) electrons. The van der Waals surface area contributed by atoms with Gasteiger partial charge in [-0.25, -0.2) is 5.01 Å². The Bertz CT molecular complexity index is 874. The van der Waals surface area contributed by atoms with E-state index in [1.54, 1.807) is 12.1 Å². The molecule has 1 amide bonds. The molecule has 0 aromatic heterocycles. The van der Waals surface area contributed by atoms with E-state index in [1.807, 2.05) is 36.4 Å². The molecule has 5 nitrogen and oxygen atoms in total. The molecule has 6 heteroatoms. The summed E-state index contributed by atoms with van der Waals surface area (Å²) < 4.78 is 6.32. The van der Waals surface area contributed by atoms with Crippen molar-refractivity contribution >= 4 is 27.5 Å². The average molecular weight is 457 g/mol. The number of ether oxygens (including phenoxy) is 1. The highest BCUT2D eigenvalue weighted by atomic mass is 79.9. The van der Waals surface area contributed by atoms with E-state index in [0.29, 0.717) is 6.42 Å². The molecule has 2 aromatic carbocycles. The molecule has 29 heavy (non-hydrogen) atoms. The number of rotatable bonds is 6. The SMILES string of the molecule is COc1ccc([C@@H]2CC(c3ccc(Br)cc3)=NN2C(=O)CC[NH+]2CCCC2)cc1. The standard InChI is InChI=1S/C23H26BrN3O2/c1-29-20-10-6-18(7-11-20)22-16-21(17-4-8-19(24)9-5-17)25-27(22)23(28)12-15-26-13-2-3-14-26/h4-11,22H,2-3,12-16H2,1H3/p+1/t22-/m0/s1. The predicted octanol–water partition coefficient (Wildman–Crippen LogP) is 3.20. The zero-order chi connectivity index (χ0) is 20.2. The van der Waals surface area contributed by atoms with Gasteiger partial charge < -0.3 is 9.64 Å². The number of quaternary nitrogens is 1. The fourth-order valence-electron chi connectivity index (χ4n) is 4.17. The molecule has 2 aromatic rings. The largest absolute Gasteiger partial charge is 0.497 e. The molecule has 0 spiro atoms. The van der Waals surface area contributed by atoms with Crippen molar-refractivity contribution in [1.29, 1.82) is 0 Å². The minimum absolute atomic E-state index is 0.0689. The van der Waals surface area contributed by atoms with Gasteiger partial charge in [0.1, 0.15) is 5.75 Å². The summed E-state index contributed by atoms with van der Waals surface area (Å²) in [6.07, 6.45) is 3.80. The number of hydrogen-bond donors (Lipinski definition) is 1. The van der Waals surface area contributed by atoms with Crippen molar-refractivity contribution in [3.8, 4) is 5.75 Å². The summed E-state index contributed by atoms with van der Waals surface area (Å²) in [4.78, 5) is 14.7. The maximum atomic E-state index is 13.1. The van der Waals surface area contributed by atoms with Crippen LogP contribution in [0.5, 0.6) is 5.75 Å². The van der Waals surface area contributed by atoms with Crippen LogP contribution < -0.4 is 9.64 Å². The van der Waals surface area contributed by atoms with Crippen LogP contribution in [0.3, 0.4) is 0 Å². The second kappa shape index (κ2) is 9.09. The molecule has 0 bridgehead atoms. The van der Waals surface area contributed by atoms with Gasteiger partial charge in [-0.1, -0.05) is 40.2 Å². The minimum Gasteiger partial charge on any atom is -0.497 e. The fourth-order valence-corrected chi connectivity index (χ4v) is 4.43. The number of amides is 1. The molecule has 0 aliphatic carbocycles. The van der Waals surface area contributed by atoms with Crippen LogP contribution in [0.2, 0.25) is 0 Å². The van der Waals surface area contributed by atoms with Gasteiger partial charge in [-0.3, -0.25) is 4.79 Å². The Labute approximate surface area is 180 Å². The first kappa shape index (κ1) is 20.1. The average Bonchev–Trinajstić information content (AvgIpc) is 3.43. The number of carbonyl (C=O) groups is 1. The highest BCUT2D eigenvalue weighted by molar-refractivity contribution is 9.10. The molecule has 4 rings (SSSR count). The van der Waals surface area contributed by atoms with Crippen molar-refractivity contribution < 1.29 is 14.4 Å². The number of methoxy groups -OCH3 is 1. The molecule has 1 atom stereocenters. The molecule has 1 N–H and O–H groups in total. The van der Waals surface area contributed by atoms with E-state index in [4.69, 9.17) is 9.84 Å². The van der Waals surface area contributed by atoms with Gasteiger partial charge in [0.25, 0.3) is 0 Å². The third-order valence-electron chi connectivity index (χ3n) is 5.85. The maximum absolute atomic E-state index is 13.1. The summed E-state index contributed by atoms with van der Waals surface area (Å²) in [6.45, 7) is 3.26. The van der Waals surface area contributed by atoms with Crippen molar-refractivity contribution in [3.05, 3.63) is 64.1 Å². The van der Waals surface area contributed by atoms with Gasteiger partial charge in [0.05, 0.1) is 44.9 Å². The van der Waals surface area contributed by atoms with Crippen molar-refractivity contribution in [2.45, 2.75) is 31.7 Å². The normalized spacial score (nSPS) is 19.4. The van der Waals surface area contributed by atoms with E-state index in [9.17, 15) is 4.79 Å². The first-order valence-electron chi connectivity index (χ1n) is 10.3. The summed E-state index contributed by atoms with van der Waals surface area (Å²) in [5, 5.41) is 6.50. The van der Waals surface area contributed by atoms with E-state index >= 15 is 0 Å². The number of benzene rings is 2. The number of carbonyl (C=O) groups excluding carboxylic acids is 1. The van der Waals surface area contributed by atoms with Crippen LogP contribution in [-0.2, 0) is 4.79 Å². The number of nitrogens with zero attached hydrogens (tertiary/aromatic N) is 2. The van der Waals surface area contributed by atoms with E-state index in [1.165, 1.54) is 30.8 Å². The van der Waals surface area contributed by atoms with E-state index in [2.05, 4.69) is 28.1 Å². The van der Waals surface area contributed by atoms with Crippen LogP contribution in [0.15, 0.2) is 58.1 Å². The lowest BCUT2D eigenvalue weighted by atomic mass is 9.98. The Kier molecular flexibility index (Phi) is 6.31. The van der Waals surface area contributed by atoms with E-state index < -0.39 is 0 Å². The van der Waals surface area contributed by atoms with E-state index in [-0.39, 0.29) is 11.9 Å². The Hall–Kier alpha value is -2.18. The molecule has 152 valence electrons. The van der Waals surface area contributed by atoms with Crippen molar-refractivity contribution in [1.82, 2.24) is 5.01 Å². The van der Waals surface area contributed by atoms with Crippen molar-refractivity contribution in [3.63, 3.8) is 0 Å². The number of likely N-dealkylation sites (tertiary alicyclic amines) is 1. The number of halogens is 1. The number of hydrogen-bond acceptors (Lipinski definition) is 3. The Morgan fingerprint density at radius 3 is 2.48 bits per heavy atom. The maximum Gasteiger partial charge on any atom is 0.248 e. The fraction of sp³-hybridized carbons (Fsp3) is 0.391. The lowest BCUT2D eigenvalue weighted by Gasteiger charge is -2.23. The molecule has 1 saturated heterocycles. The highest BCUT2D eigenvalue weighted by Gasteiger charge is 2.33. The van der Waals surface area contributed by atoms with Gasteiger partial charge in [-0.05, 0) is 35.4 Å². The van der Waals surface area contributed by atoms with Gasteiger partial charge in [-0.2, -0.15) is 5.10 Å². The van der Waals surface area contributed by atoms with Crippen LogP contribution in [0, 0.1) is 0 Å². The summed E-state index contributed by atoms with van der Waals surface area (Å²) in [6, 6.07) is 16.0. The molecular formula is C23H27BrN3O2+. The Morgan fingerprint density at radius 1 is 1.14 bits per heavy atom. The Balaban J connectivity index is 1.55. The second-order valence-corrected chi connectivity index (χ2v) is 8.66. The minimum atomic E-state index is -0.0689. The summed E-state index contributed by atoms with van der Waals surface area (Å²) in [5.74, 6) is 0.925. The van der Waals surface area contributed by atoms with E-state index in [0.717, 1.165) is 40.0 Å². The summed E-state index contributed by atoms with van der Waals surface area (Å²) in [7, 11) is 1.66. The van der Waals surface area contributed by atoms with Crippen molar-refractivity contribution in [2.24, 2.45) is 5.10 Å². The monoisotopic (exact) mass is 456 g/mol. The predicted molar refractivity (Wildman–Crippen MR) is 117 cm³/mol. The molecule has 2 aliphatic heterocycles. The molecule has 2 aliphatic rings. The first-order valence-corrected chi connectivity index (χ1v) is 11.1. The van der Waals surface area contributed by atoms with Crippen LogP contribution in [0.25, 0.3) is 0 Å². The lowest BCUT2D eigenvalue weighted by molar-refractivity contribution is -0.886. The van der Waals surface area contributed by atoms with Crippen LogP contribution in [-0.4, -0.2) is 43.4 Å². The highest BCUT2D eigenvalue weighted by Crippen LogP contribution is 2.34. The van der Waals surface area contributed by atoms with Crippen LogP contribution >= 0.6 is 15.9 Å². The van der Waals surface area contributed by atoms with Gasteiger partial charge in [0, 0.05) is 23.7 Å². The number of nitrogens with one attached hydrogen (secondary N) is 1. The van der Waals surface area contributed by atoms with Gasteiger partial charge in [0.15, 0.2) is 0 Å². The Morgan fingerprint density at radius 2 is 1.83 bits per heavy atom. The van der Waals surface area contributed by atoms with Crippen LogP contribution in [0.4, 0.5) is 0 Å². The number of hydrazone groups is 1. The lowest BCUT2D eigenvalue weighted by Crippen LogP contribution is -3.10. The van der Waals surface area contributed by atoms with Gasteiger partial charge in [-0.15, -0.1) is 0 Å². The first-order chi connectivity index (χ1) is 14.1. The van der Waals surface area contributed by atoms with Gasteiger partial charge in [0.2, 0.25) is 5.91 Å². The topological polar surface area (TPSA) is 46.3 Å². The zero-order valence-corrected chi connectivity index (χ0v) is 18.3. The smallest absolute Gasteiger partial charge is 0.248 e.